The van der Waals surface area contributed by atoms with E-state index in [0.29, 0.717) is 0 Å². The molecule has 0 saturated carbocycles. The van der Waals surface area contributed by atoms with Gasteiger partial charge in [-0.25, -0.2) is 4.99 Å². The van der Waals surface area contributed by atoms with E-state index in [1.165, 1.54) is 27.5 Å². The monoisotopic (exact) mass is 696 g/mol. The van der Waals surface area contributed by atoms with E-state index in [2.05, 4.69) is 137 Å². The van der Waals surface area contributed by atoms with Gasteiger partial charge in [-0.15, -0.1) is 0 Å². The molecular formula is C48H32N4O2. The fraction of sp³-hybridized carbons (Fsp3) is 0.0417. The molecule has 0 spiro atoms. The van der Waals surface area contributed by atoms with Crippen molar-refractivity contribution in [1.29, 1.82) is 0 Å². The quantitative estimate of drug-likeness (QED) is 0.187. The molecule has 2 atom stereocenters. The molecule has 54 heavy (non-hydrogen) atoms. The maximum atomic E-state index is 6.25. The van der Waals surface area contributed by atoms with Crippen molar-refractivity contribution < 1.29 is 8.83 Å². The van der Waals surface area contributed by atoms with Crippen molar-refractivity contribution in [1.82, 2.24) is 15.6 Å². The normalized spacial score (nSPS) is 16.0. The minimum atomic E-state index is -0.257. The third-order valence-corrected chi connectivity index (χ3v) is 10.7. The van der Waals surface area contributed by atoms with Crippen LogP contribution in [-0.2, 0) is 0 Å². The van der Waals surface area contributed by atoms with E-state index < -0.39 is 0 Å². The molecule has 0 amide bonds. The molecule has 2 unspecified atom stereocenters. The van der Waals surface area contributed by atoms with Crippen LogP contribution < -0.4 is 10.6 Å². The number of aliphatic imine (C=N–C) groups is 1. The van der Waals surface area contributed by atoms with Crippen molar-refractivity contribution in [2.24, 2.45) is 4.99 Å². The minimum absolute atomic E-state index is 0.236. The summed E-state index contributed by atoms with van der Waals surface area (Å²) in [5, 5.41) is 14.2. The number of amidine groups is 1. The van der Waals surface area contributed by atoms with Gasteiger partial charge in [0.1, 0.15) is 40.5 Å². The second-order valence-corrected chi connectivity index (χ2v) is 13.8. The Morgan fingerprint density at radius 1 is 0.463 bits per heavy atom. The Morgan fingerprint density at radius 3 is 1.94 bits per heavy atom. The van der Waals surface area contributed by atoms with Gasteiger partial charge in [-0.3, -0.25) is 10.3 Å². The van der Waals surface area contributed by atoms with Crippen LogP contribution in [-0.4, -0.2) is 10.8 Å². The lowest BCUT2D eigenvalue weighted by Gasteiger charge is -2.32. The summed E-state index contributed by atoms with van der Waals surface area (Å²) in [4.78, 5) is 9.63. The van der Waals surface area contributed by atoms with Crippen LogP contribution in [0.1, 0.15) is 29.0 Å². The van der Waals surface area contributed by atoms with Gasteiger partial charge in [0.2, 0.25) is 0 Å². The first kappa shape index (κ1) is 30.6. The Kier molecular flexibility index (Phi) is 6.97. The van der Waals surface area contributed by atoms with Gasteiger partial charge in [0, 0.05) is 45.1 Å². The van der Waals surface area contributed by atoms with Gasteiger partial charge < -0.3 is 14.2 Å². The van der Waals surface area contributed by atoms with Crippen molar-refractivity contribution in [2.45, 2.75) is 12.3 Å². The third kappa shape index (κ3) is 4.92. The Morgan fingerprint density at radius 2 is 1.09 bits per heavy atom. The third-order valence-electron chi connectivity index (χ3n) is 10.7. The summed E-state index contributed by atoms with van der Waals surface area (Å²) in [5.74, 6) is 0.822. The molecule has 2 N–H and O–H groups in total. The first-order valence-electron chi connectivity index (χ1n) is 18.2. The van der Waals surface area contributed by atoms with E-state index in [0.717, 1.165) is 72.0 Å². The lowest BCUT2D eigenvalue weighted by Crippen LogP contribution is -2.45. The van der Waals surface area contributed by atoms with Crippen LogP contribution in [0.2, 0.25) is 0 Å². The molecule has 10 aromatic rings. The van der Waals surface area contributed by atoms with Gasteiger partial charge >= 0.3 is 0 Å². The van der Waals surface area contributed by atoms with Crippen molar-refractivity contribution in [3.63, 3.8) is 0 Å². The standard InChI is InChI=1S/C48H32N4O2/c1-2-10-30(11-3-1)46-50-47(52-48(51-46)38-18-9-21-43-45(38)39-28-49-27-26-41(39)54-43)31-24-22-29(23-25-31)32-13-6-15-34-33(32)14-7-16-35(34)36-17-8-20-42-44(36)37-12-4-5-19-40(37)53-42/h1-28,46,48,51H,(H,50,52). The van der Waals surface area contributed by atoms with Crippen LogP contribution in [0.25, 0.3) is 76.9 Å². The van der Waals surface area contributed by atoms with Crippen LogP contribution in [0.4, 0.5) is 0 Å². The van der Waals surface area contributed by atoms with E-state index in [-0.39, 0.29) is 12.3 Å². The molecule has 7 aromatic carbocycles. The number of rotatable bonds is 5. The fourth-order valence-corrected chi connectivity index (χ4v) is 8.21. The number of nitrogens with zero attached hydrogens (tertiary/aromatic N) is 2. The maximum absolute atomic E-state index is 6.25. The van der Waals surface area contributed by atoms with Gasteiger partial charge in [-0.2, -0.15) is 0 Å². The number of pyridine rings is 1. The average molecular weight is 697 g/mol. The predicted octanol–water partition coefficient (Wildman–Crippen LogP) is 11.7. The minimum Gasteiger partial charge on any atom is -0.456 e. The Bertz CT molecular complexity index is 3070. The van der Waals surface area contributed by atoms with Crippen LogP contribution in [0.3, 0.4) is 0 Å². The van der Waals surface area contributed by atoms with E-state index >= 15 is 0 Å². The first-order valence-corrected chi connectivity index (χ1v) is 18.2. The van der Waals surface area contributed by atoms with Crippen LogP contribution in [0.5, 0.6) is 0 Å². The Labute approximate surface area is 310 Å². The summed E-state index contributed by atoms with van der Waals surface area (Å²) >= 11 is 0. The largest absolute Gasteiger partial charge is 0.456 e. The number of nitrogens with one attached hydrogen (secondary N) is 2. The molecule has 0 fully saturated rings. The number of benzene rings is 7. The van der Waals surface area contributed by atoms with Crippen molar-refractivity contribution in [3.05, 3.63) is 187 Å². The molecular weight excluding hydrogens is 665 g/mol. The maximum Gasteiger partial charge on any atom is 0.138 e. The highest BCUT2D eigenvalue weighted by Crippen LogP contribution is 2.41. The smallest absolute Gasteiger partial charge is 0.138 e. The molecule has 0 saturated heterocycles. The zero-order valence-corrected chi connectivity index (χ0v) is 29.0. The van der Waals surface area contributed by atoms with Gasteiger partial charge in [0.05, 0.1) is 0 Å². The second-order valence-electron chi connectivity index (χ2n) is 13.8. The van der Waals surface area contributed by atoms with Gasteiger partial charge in [0.15, 0.2) is 0 Å². The average Bonchev–Trinajstić information content (AvgIpc) is 3.82. The number of hydrogen-bond donors (Lipinski definition) is 2. The van der Waals surface area contributed by atoms with E-state index in [1.54, 1.807) is 6.20 Å². The molecule has 0 bridgehead atoms. The Hall–Kier alpha value is -7.02. The van der Waals surface area contributed by atoms with Gasteiger partial charge in [0.25, 0.3) is 0 Å². The zero-order chi connectivity index (χ0) is 35.6. The first-order chi connectivity index (χ1) is 26.8. The lowest BCUT2D eigenvalue weighted by atomic mass is 9.91. The van der Waals surface area contributed by atoms with Crippen LogP contribution >= 0.6 is 0 Å². The molecule has 3 aromatic heterocycles. The Balaban J connectivity index is 0.988. The van der Waals surface area contributed by atoms with Crippen molar-refractivity contribution >= 4 is 60.5 Å². The topological polar surface area (TPSA) is 75.6 Å². The SMILES string of the molecule is c1ccc(C2N=C(c3ccc(-c4cccc5c(-c6cccc7oc8ccccc8c67)cccc45)cc3)NC(c3cccc4oc5ccncc5c34)N2)cc1. The van der Waals surface area contributed by atoms with Crippen molar-refractivity contribution in [3.8, 4) is 22.3 Å². The number of hydrogen-bond acceptors (Lipinski definition) is 6. The summed E-state index contributed by atoms with van der Waals surface area (Å²) in [5.41, 5.74) is 11.3. The van der Waals surface area contributed by atoms with E-state index in [1.807, 2.05) is 42.6 Å². The molecule has 4 heterocycles. The predicted molar refractivity (Wildman–Crippen MR) is 218 cm³/mol. The second kappa shape index (κ2) is 12.3. The molecule has 1 aliphatic rings. The molecule has 11 rings (SSSR count). The molecule has 1 aliphatic heterocycles. The highest BCUT2D eigenvalue weighted by molar-refractivity contribution is 6.16. The highest BCUT2D eigenvalue weighted by Gasteiger charge is 2.28. The molecule has 0 aliphatic carbocycles. The summed E-state index contributed by atoms with van der Waals surface area (Å²) in [6.45, 7) is 0. The summed E-state index contributed by atoms with van der Waals surface area (Å²) in [6.07, 6.45) is 3.15. The van der Waals surface area contributed by atoms with Crippen LogP contribution in [0.15, 0.2) is 184 Å². The van der Waals surface area contributed by atoms with E-state index in [4.69, 9.17) is 13.8 Å². The molecule has 6 heteroatoms. The summed E-state index contributed by atoms with van der Waals surface area (Å²) in [7, 11) is 0. The van der Waals surface area contributed by atoms with E-state index in [9.17, 15) is 0 Å². The summed E-state index contributed by atoms with van der Waals surface area (Å²) in [6, 6.07) is 55.1. The zero-order valence-electron chi connectivity index (χ0n) is 29.0. The van der Waals surface area contributed by atoms with Gasteiger partial charge in [-0.05, 0) is 62.9 Å². The number of para-hydroxylation sites is 1. The lowest BCUT2D eigenvalue weighted by molar-refractivity contribution is 0.411. The number of fused-ring (bicyclic) bond motifs is 7. The summed E-state index contributed by atoms with van der Waals surface area (Å²) < 4.78 is 12.5. The fourth-order valence-electron chi connectivity index (χ4n) is 8.21. The molecule has 0 radical (unpaired) electrons. The molecule has 256 valence electrons. The van der Waals surface area contributed by atoms with Crippen LogP contribution in [0, 0.1) is 0 Å². The van der Waals surface area contributed by atoms with Crippen molar-refractivity contribution in [2.75, 3.05) is 0 Å². The van der Waals surface area contributed by atoms with Gasteiger partial charge in [-0.1, -0.05) is 133 Å². The highest BCUT2D eigenvalue weighted by atomic mass is 16.3. The molecule has 6 nitrogen and oxygen atoms in total. The number of aromatic nitrogens is 1. The number of furan rings is 2.